The summed E-state index contributed by atoms with van der Waals surface area (Å²) in [5, 5.41) is 13.9. The number of ether oxygens (including phenoxy) is 1. The molecular weight excluding hydrogens is 384 g/mol. The number of nitriles is 1. The lowest BCUT2D eigenvalue weighted by Gasteiger charge is -2.06. The molecule has 0 aliphatic rings. The lowest BCUT2D eigenvalue weighted by molar-refractivity contribution is -0.147. The highest BCUT2D eigenvalue weighted by molar-refractivity contribution is 7.13. The molecule has 0 bridgehead atoms. The Balaban J connectivity index is 1.55. The molecule has 0 saturated heterocycles. The molecule has 0 spiro atoms. The predicted octanol–water partition coefficient (Wildman–Crippen LogP) is 2.93. The van der Waals surface area contributed by atoms with Gasteiger partial charge in [0.2, 0.25) is 0 Å². The normalized spacial score (nSPS) is 11.6. The highest BCUT2D eigenvalue weighted by Crippen LogP contribution is 2.23. The maximum absolute atomic E-state index is 12.2. The van der Waals surface area contributed by atoms with Crippen molar-refractivity contribution >= 4 is 34.4 Å². The maximum Gasteiger partial charge on any atom is 0.312 e. The van der Waals surface area contributed by atoms with Gasteiger partial charge in [0.05, 0.1) is 18.2 Å². The molecule has 0 saturated carbocycles. The first kappa shape index (κ1) is 18.8. The van der Waals surface area contributed by atoms with Gasteiger partial charge >= 0.3 is 5.97 Å². The Morgan fingerprint density at radius 3 is 2.81 bits per heavy atom. The van der Waals surface area contributed by atoms with Crippen LogP contribution >= 0.6 is 22.7 Å². The molecule has 3 rings (SSSR count). The van der Waals surface area contributed by atoms with E-state index in [9.17, 15) is 14.9 Å². The molecule has 0 radical (unpaired) electrons. The first-order valence-electron chi connectivity index (χ1n) is 7.91. The zero-order valence-electron chi connectivity index (χ0n) is 14.3. The molecule has 7 nitrogen and oxygen atoms in total. The van der Waals surface area contributed by atoms with Crippen LogP contribution in [0.5, 0.6) is 0 Å². The molecule has 3 aromatic rings. The molecule has 0 aliphatic carbocycles. The van der Waals surface area contributed by atoms with Gasteiger partial charge < -0.3 is 4.74 Å². The first-order chi connectivity index (χ1) is 13.1. The van der Waals surface area contributed by atoms with Crippen LogP contribution in [-0.4, -0.2) is 33.3 Å². The number of nitrogens with zero attached hydrogens (tertiary/aromatic N) is 4. The first-order valence-corrected chi connectivity index (χ1v) is 9.67. The molecule has 27 heavy (non-hydrogen) atoms. The molecule has 3 heterocycles. The van der Waals surface area contributed by atoms with Crippen LogP contribution in [0, 0.1) is 18.3 Å². The van der Waals surface area contributed by atoms with E-state index in [1.807, 2.05) is 18.2 Å². The smallest absolute Gasteiger partial charge is 0.312 e. The summed E-state index contributed by atoms with van der Waals surface area (Å²) in [4.78, 5) is 36.7. The fraction of sp³-hybridized carbons (Fsp3) is 0.222. The molecule has 9 heteroatoms. The maximum atomic E-state index is 12.2. The molecule has 1 atom stereocenters. The highest BCUT2D eigenvalue weighted by Gasteiger charge is 2.24. The van der Waals surface area contributed by atoms with Crippen LogP contribution in [0.1, 0.15) is 22.3 Å². The van der Waals surface area contributed by atoms with Crippen LogP contribution in [0.3, 0.4) is 0 Å². The van der Waals surface area contributed by atoms with Crippen molar-refractivity contribution in [1.82, 2.24) is 15.0 Å². The minimum atomic E-state index is -1.02. The van der Waals surface area contributed by atoms with E-state index < -0.39 is 24.3 Å². The average Bonchev–Trinajstić information content (AvgIpc) is 3.31. The number of aromatic nitrogens is 3. The Kier molecular flexibility index (Phi) is 6.01. The Bertz CT molecular complexity index is 991. The van der Waals surface area contributed by atoms with Crippen molar-refractivity contribution in [2.75, 3.05) is 6.61 Å². The van der Waals surface area contributed by atoms with Gasteiger partial charge in [-0.3, -0.25) is 14.6 Å². The van der Waals surface area contributed by atoms with Gasteiger partial charge in [0.15, 0.2) is 18.3 Å². The molecule has 0 aromatic carbocycles. The third-order valence-electron chi connectivity index (χ3n) is 3.50. The van der Waals surface area contributed by atoms with Crippen LogP contribution < -0.4 is 0 Å². The van der Waals surface area contributed by atoms with E-state index in [0.717, 1.165) is 16.3 Å². The Labute approximate surface area is 163 Å². The van der Waals surface area contributed by atoms with Gasteiger partial charge in [-0.2, -0.15) is 5.26 Å². The minimum absolute atomic E-state index is 0.0440. The van der Waals surface area contributed by atoms with Crippen molar-refractivity contribution < 1.29 is 14.3 Å². The van der Waals surface area contributed by atoms with Gasteiger partial charge in [-0.05, 0) is 19.1 Å². The van der Waals surface area contributed by atoms with Gasteiger partial charge in [-0.25, -0.2) is 9.97 Å². The second kappa shape index (κ2) is 8.62. The van der Waals surface area contributed by atoms with E-state index in [0.29, 0.717) is 10.7 Å². The Morgan fingerprint density at radius 2 is 2.15 bits per heavy atom. The van der Waals surface area contributed by atoms with E-state index in [-0.39, 0.29) is 6.42 Å². The number of Topliss-reactive ketones (excluding diaryl/α,β-unsaturated/α-hetero) is 1. The van der Waals surface area contributed by atoms with Gasteiger partial charge in [0.1, 0.15) is 10.0 Å². The molecule has 0 unspecified atom stereocenters. The number of hydrogen-bond acceptors (Lipinski definition) is 9. The zero-order chi connectivity index (χ0) is 19.2. The molecule has 0 amide bonds. The molecule has 3 aromatic heterocycles. The third kappa shape index (κ3) is 4.81. The monoisotopic (exact) mass is 398 g/mol. The molecule has 0 fully saturated rings. The van der Waals surface area contributed by atoms with Gasteiger partial charge in [0.25, 0.3) is 0 Å². The van der Waals surface area contributed by atoms with Crippen LogP contribution in [0.25, 0.3) is 10.6 Å². The van der Waals surface area contributed by atoms with Crippen LogP contribution in [0.4, 0.5) is 0 Å². The number of carbonyl (C=O) groups excluding carboxylic acids is 2. The highest BCUT2D eigenvalue weighted by atomic mass is 32.1. The number of aryl methyl sites for hydroxylation is 1. The van der Waals surface area contributed by atoms with E-state index in [1.165, 1.54) is 22.7 Å². The summed E-state index contributed by atoms with van der Waals surface area (Å²) in [5.74, 6) is -2.08. The number of thiazole rings is 2. The van der Waals surface area contributed by atoms with Crippen LogP contribution in [0.2, 0.25) is 0 Å². The second-order valence-electron chi connectivity index (χ2n) is 5.58. The van der Waals surface area contributed by atoms with Crippen molar-refractivity contribution in [2.24, 2.45) is 0 Å². The molecule has 0 aliphatic heterocycles. The minimum Gasteiger partial charge on any atom is -0.457 e. The zero-order valence-corrected chi connectivity index (χ0v) is 15.9. The van der Waals surface area contributed by atoms with Crippen LogP contribution in [0.15, 0.2) is 35.3 Å². The van der Waals surface area contributed by atoms with E-state index in [1.54, 1.807) is 30.1 Å². The van der Waals surface area contributed by atoms with Gasteiger partial charge in [-0.1, -0.05) is 0 Å². The summed E-state index contributed by atoms with van der Waals surface area (Å²) < 4.78 is 5.02. The fourth-order valence-electron chi connectivity index (χ4n) is 2.21. The van der Waals surface area contributed by atoms with E-state index >= 15 is 0 Å². The summed E-state index contributed by atoms with van der Waals surface area (Å²) in [6.45, 7) is 1.32. The Morgan fingerprint density at radius 1 is 1.30 bits per heavy atom. The lowest BCUT2D eigenvalue weighted by Crippen LogP contribution is -2.20. The predicted molar refractivity (Wildman–Crippen MR) is 100 cm³/mol. The number of hydrogen-bond donors (Lipinski definition) is 0. The standard InChI is InChI=1S/C18H14N4O3S2/c1-11-9-26-18(21-11)14(6-19)15(23)8-25-16(24)5-13-10-27-17(22-13)12-3-2-4-20-7-12/h2-4,7,9-10,14H,5,8H2,1H3/t14-/m1/s1. The van der Waals surface area contributed by atoms with E-state index in [4.69, 9.17) is 4.74 Å². The number of carbonyl (C=O) groups is 2. The molecular formula is C18H14N4O3S2. The average molecular weight is 398 g/mol. The number of ketones is 1. The van der Waals surface area contributed by atoms with E-state index in [2.05, 4.69) is 15.0 Å². The van der Waals surface area contributed by atoms with Crippen molar-refractivity contribution in [2.45, 2.75) is 19.3 Å². The molecule has 0 N–H and O–H groups in total. The van der Waals surface area contributed by atoms with Crippen molar-refractivity contribution in [3.05, 3.63) is 51.7 Å². The van der Waals surface area contributed by atoms with Crippen molar-refractivity contribution in [1.29, 1.82) is 5.26 Å². The van der Waals surface area contributed by atoms with Crippen molar-refractivity contribution in [3.8, 4) is 16.6 Å². The number of esters is 1. The van der Waals surface area contributed by atoms with Gasteiger partial charge in [0, 0.05) is 34.4 Å². The molecule has 136 valence electrons. The Hall–Kier alpha value is -2.96. The summed E-state index contributed by atoms with van der Waals surface area (Å²) in [6.07, 6.45) is 3.33. The third-order valence-corrected chi connectivity index (χ3v) is 5.46. The number of pyridine rings is 1. The second-order valence-corrected chi connectivity index (χ2v) is 7.33. The quantitative estimate of drug-likeness (QED) is 0.563. The lowest BCUT2D eigenvalue weighted by atomic mass is 10.1. The summed E-state index contributed by atoms with van der Waals surface area (Å²) in [5.41, 5.74) is 2.17. The van der Waals surface area contributed by atoms with Crippen molar-refractivity contribution in [3.63, 3.8) is 0 Å². The largest absolute Gasteiger partial charge is 0.457 e. The topological polar surface area (TPSA) is 106 Å². The number of rotatable bonds is 7. The van der Waals surface area contributed by atoms with Gasteiger partial charge in [-0.15, -0.1) is 22.7 Å². The summed E-state index contributed by atoms with van der Waals surface area (Å²) >= 11 is 2.64. The summed E-state index contributed by atoms with van der Waals surface area (Å²) in [7, 11) is 0. The SMILES string of the molecule is Cc1csc([C@H](C#N)C(=O)COC(=O)Cc2csc(-c3cccnc3)n2)n1. The summed E-state index contributed by atoms with van der Waals surface area (Å²) in [6, 6.07) is 5.61. The fourth-order valence-corrected chi connectivity index (χ4v) is 3.89. The van der Waals surface area contributed by atoms with Crippen LogP contribution in [-0.2, 0) is 20.7 Å².